The van der Waals surface area contributed by atoms with Gasteiger partial charge in [-0.1, -0.05) is 6.92 Å². The Labute approximate surface area is 89.1 Å². The van der Waals surface area contributed by atoms with Gasteiger partial charge in [-0.3, -0.25) is 4.79 Å². The molecule has 0 saturated carbocycles. The summed E-state index contributed by atoms with van der Waals surface area (Å²) in [6.45, 7) is 2.51. The van der Waals surface area contributed by atoms with Crippen LogP contribution in [0.15, 0.2) is 24.3 Å². The Bertz CT molecular complexity index is 319. The van der Waals surface area contributed by atoms with Crippen LogP contribution in [0.2, 0.25) is 0 Å². The van der Waals surface area contributed by atoms with Gasteiger partial charge >= 0.3 is 0 Å². The molecule has 0 saturated heterocycles. The second-order valence-corrected chi connectivity index (χ2v) is 3.69. The number of rotatable bonds is 5. The highest BCUT2D eigenvalue weighted by Crippen LogP contribution is 2.10. The minimum Gasteiger partial charge on any atom is -0.384 e. The summed E-state index contributed by atoms with van der Waals surface area (Å²) in [6.07, 6.45) is 0.430. The summed E-state index contributed by atoms with van der Waals surface area (Å²) in [5.41, 5.74) is 0.555. The second kappa shape index (κ2) is 5.61. The van der Waals surface area contributed by atoms with E-state index in [0.717, 1.165) is 0 Å². The summed E-state index contributed by atoms with van der Waals surface area (Å²) in [6, 6.07) is 5.62. The Hall–Kier alpha value is -1.22. The van der Waals surface area contributed by atoms with Crippen molar-refractivity contribution in [1.82, 2.24) is 0 Å². The molecular weight excluding hydrogens is 195 g/mol. The van der Waals surface area contributed by atoms with Crippen LogP contribution in [0.1, 0.15) is 23.7 Å². The monoisotopic (exact) mass is 210 g/mol. The summed E-state index contributed by atoms with van der Waals surface area (Å²) in [5, 5.41) is 0. The van der Waals surface area contributed by atoms with Crippen LogP contribution in [0.4, 0.5) is 4.39 Å². The molecule has 0 bridgehead atoms. The van der Waals surface area contributed by atoms with E-state index in [1.54, 1.807) is 7.11 Å². The number of ether oxygens (including phenoxy) is 1. The third kappa shape index (κ3) is 3.80. The number of Topliss-reactive ketones (excluding diaryl/α,β-unsaturated/α-hetero) is 1. The van der Waals surface area contributed by atoms with Crippen molar-refractivity contribution in [1.29, 1.82) is 0 Å². The Kier molecular flexibility index (Phi) is 4.43. The van der Waals surface area contributed by atoms with E-state index in [4.69, 9.17) is 4.74 Å². The van der Waals surface area contributed by atoms with Crippen molar-refractivity contribution in [2.24, 2.45) is 5.92 Å². The zero-order chi connectivity index (χ0) is 11.3. The van der Waals surface area contributed by atoms with E-state index in [2.05, 4.69) is 0 Å². The van der Waals surface area contributed by atoms with Gasteiger partial charge in [0.05, 0.1) is 0 Å². The molecule has 0 aliphatic carbocycles. The summed E-state index contributed by atoms with van der Waals surface area (Å²) in [4.78, 5) is 11.7. The zero-order valence-corrected chi connectivity index (χ0v) is 9.00. The highest BCUT2D eigenvalue weighted by molar-refractivity contribution is 5.96. The van der Waals surface area contributed by atoms with E-state index < -0.39 is 0 Å². The van der Waals surface area contributed by atoms with Crippen molar-refractivity contribution in [3.05, 3.63) is 35.6 Å². The SMILES string of the molecule is COCC(C)CC(=O)c1ccc(F)cc1. The van der Waals surface area contributed by atoms with Gasteiger partial charge in [0.15, 0.2) is 5.78 Å². The first-order valence-corrected chi connectivity index (χ1v) is 4.91. The number of carbonyl (C=O) groups is 1. The summed E-state index contributed by atoms with van der Waals surface area (Å²) >= 11 is 0. The largest absolute Gasteiger partial charge is 0.384 e. The van der Waals surface area contributed by atoms with Gasteiger partial charge in [0, 0.05) is 25.7 Å². The van der Waals surface area contributed by atoms with Crippen molar-refractivity contribution >= 4 is 5.78 Å². The molecule has 0 aromatic heterocycles. The van der Waals surface area contributed by atoms with Crippen LogP contribution in [0.25, 0.3) is 0 Å². The summed E-state index contributed by atoms with van der Waals surface area (Å²) in [7, 11) is 1.61. The van der Waals surface area contributed by atoms with Gasteiger partial charge in [0.1, 0.15) is 5.82 Å². The van der Waals surface area contributed by atoms with Gasteiger partial charge < -0.3 is 4.74 Å². The molecule has 0 fully saturated rings. The van der Waals surface area contributed by atoms with E-state index in [1.807, 2.05) is 6.92 Å². The summed E-state index contributed by atoms with van der Waals surface area (Å²) < 4.78 is 17.5. The van der Waals surface area contributed by atoms with Gasteiger partial charge in [0.2, 0.25) is 0 Å². The molecule has 1 unspecified atom stereocenters. The molecule has 1 rings (SSSR count). The zero-order valence-electron chi connectivity index (χ0n) is 9.00. The van der Waals surface area contributed by atoms with Crippen LogP contribution in [0.5, 0.6) is 0 Å². The maximum absolute atomic E-state index is 12.6. The number of methoxy groups -OCH3 is 1. The molecule has 0 aliphatic rings. The number of halogens is 1. The number of hydrogen-bond acceptors (Lipinski definition) is 2. The molecule has 1 atom stereocenters. The lowest BCUT2D eigenvalue weighted by Gasteiger charge is -2.08. The predicted molar refractivity (Wildman–Crippen MR) is 56.4 cm³/mol. The molecule has 2 nitrogen and oxygen atoms in total. The van der Waals surface area contributed by atoms with Gasteiger partial charge in [-0.2, -0.15) is 0 Å². The first-order chi connectivity index (χ1) is 7.13. The number of benzene rings is 1. The lowest BCUT2D eigenvalue weighted by atomic mass is 10.0. The second-order valence-electron chi connectivity index (χ2n) is 3.69. The van der Waals surface area contributed by atoms with Crippen molar-refractivity contribution in [3.63, 3.8) is 0 Å². The van der Waals surface area contributed by atoms with Gasteiger partial charge in [-0.05, 0) is 30.2 Å². The average Bonchev–Trinajstić information content (AvgIpc) is 2.18. The smallest absolute Gasteiger partial charge is 0.163 e. The van der Waals surface area contributed by atoms with Crippen LogP contribution < -0.4 is 0 Å². The van der Waals surface area contributed by atoms with E-state index in [0.29, 0.717) is 18.6 Å². The van der Waals surface area contributed by atoms with Crippen molar-refractivity contribution in [2.45, 2.75) is 13.3 Å². The van der Waals surface area contributed by atoms with Crippen LogP contribution in [0, 0.1) is 11.7 Å². The van der Waals surface area contributed by atoms with E-state index in [-0.39, 0.29) is 17.5 Å². The van der Waals surface area contributed by atoms with Crippen LogP contribution >= 0.6 is 0 Å². The molecule has 15 heavy (non-hydrogen) atoms. The lowest BCUT2D eigenvalue weighted by Crippen LogP contribution is -2.10. The molecule has 1 aromatic carbocycles. The minimum atomic E-state index is -0.323. The third-order valence-electron chi connectivity index (χ3n) is 2.15. The molecule has 82 valence electrons. The molecule has 0 amide bonds. The van der Waals surface area contributed by atoms with Crippen LogP contribution in [-0.4, -0.2) is 19.5 Å². The fourth-order valence-corrected chi connectivity index (χ4v) is 1.41. The molecule has 0 heterocycles. The Morgan fingerprint density at radius 1 is 1.40 bits per heavy atom. The molecule has 0 radical (unpaired) electrons. The molecular formula is C12H15FO2. The molecule has 3 heteroatoms. The van der Waals surface area contributed by atoms with Crippen LogP contribution in [0.3, 0.4) is 0 Å². The van der Waals surface area contributed by atoms with Gasteiger partial charge in [-0.15, -0.1) is 0 Å². The van der Waals surface area contributed by atoms with Crippen molar-refractivity contribution in [2.75, 3.05) is 13.7 Å². The predicted octanol–water partition coefficient (Wildman–Crippen LogP) is 2.68. The Morgan fingerprint density at radius 2 is 2.00 bits per heavy atom. The number of ketones is 1. The quantitative estimate of drug-likeness (QED) is 0.698. The van der Waals surface area contributed by atoms with E-state index in [9.17, 15) is 9.18 Å². The fourth-order valence-electron chi connectivity index (χ4n) is 1.41. The van der Waals surface area contributed by atoms with E-state index in [1.165, 1.54) is 24.3 Å². The molecule has 0 spiro atoms. The van der Waals surface area contributed by atoms with E-state index >= 15 is 0 Å². The van der Waals surface area contributed by atoms with Gasteiger partial charge in [-0.25, -0.2) is 4.39 Å². The molecule has 1 aromatic rings. The first-order valence-electron chi connectivity index (χ1n) is 4.91. The highest BCUT2D eigenvalue weighted by Gasteiger charge is 2.10. The maximum atomic E-state index is 12.6. The normalized spacial score (nSPS) is 12.5. The highest BCUT2D eigenvalue weighted by atomic mass is 19.1. The average molecular weight is 210 g/mol. The van der Waals surface area contributed by atoms with Crippen molar-refractivity contribution in [3.8, 4) is 0 Å². The van der Waals surface area contributed by atoms with Gasteiger partial charge in [0.25, 0.3) is 0 Å². The maximum Gasteiger partial charge on any atom is 0.163 e. The summed E-state index contributed by atoms with van der Waals surface area (Å²) in [5.74, 6) is -0.108. The van der Waals surface area contributed by atoms with Crippen LogP contribution in [-0.2, 0) is 4.74 Å². The molecule has 0 N–H and O–H groups in total. The lowest BCUT2D eigenvalue weighted by molar-refractivity contribution is 0.0920. The Balaban J connectivity index is 2.57. The standard InChI is InChI=1S/C12H15FO2/c1-9(8-15-2)7-12(14)10-3-5-11(13)6-4-10/h3-6,9H,7-8H2,1-2H3. The first kappa shape index (κ1) is 11.9. The minimum absolute atomic E-state index is 0.0274. The number of carbonyl (C=O) groups excluding carboxylic acids is 1. The fraction of sp³-hybridized carbons (Fsp3) is 0.417. The Morgan fingerprint density at radius 3 is 2.53 bits per heavy atom. The molecule has 0 aliphatic heterocycles. The third-order valence-corrected chi connectivity index (χ3v) is 2.15. The van der Waals surface area contributed by atoms with Crippen molar-refractivity contribution < 1.29 is 13.9 Å². The number of hydrogen-bond donors (Lipinski definition) is 0. The topological polar surface area (TPSA) is 26.3 Å².